The normalized spacial score (nSPS) is 15.2. The highest BCUT2D eigenvalue weighted by Crippen LogP contribution is 2.31. The van der Waals surface area contributed by atoms with E-state index in [1.807, 2.05) is 18.2 Å². The number of carbonyl (C=O) groups is 1. The van der Waals surface area contributed by atoms with Crippen molar-refractivity contribution in [2.75, 3.05) is 13.1 Å². The smallest absolute Gasteiger partial charge is 0.265 e. The van der Waals surface area contributed by atoms with Crippen LogP contribution in [-0.4, -0.2) is 43.3 Å². The summed E-state index contributed by atoms with van der Waals surface area (Å²) in [5.74, 6) is -0.623. The third-order valence-electron chi connectivity index (χ3n) is 5.05. The lowest BCUT2D eigenvalue weighted by Crippen LogP contribution is -2.46. The van der Waals surface area contributed by atoms with E-state index in [1.54, 1.807) is 17.2 Å². The van der Waals surface area contributed by atoms with Crippen LogP contribution < -0.4 is 4.72 Å². The Morgan fingerprint density at radius 3 is 2.48 bits per heavy atom. The molecule has 6 nitrogen and oxygen atoms in total. The topological polar surface area (TPSA) is 79.4 Å². The monoisotopic (exact) mass is 479 g/mol. The van der Waals surface area contributed by atoms with Crippen molar-refractivity contribution in [2.24, 2.45) is 0 Å². The molecule has 1 N–H and O–H groups in total. The molecular weight excluding hydrogens is 461 g/mol. The van der Waals surface area contributed by atoms with Crippen molar-refractivity contribution in [3.05, 3.63) is 70.4 Å². The number of aromatic nitrogens is 1. The minimum Gasteiger partial charge on any atom is -0.338 e. The number of piperidine rings is 1. The summed E-state index contributed by atoms with van der Waals surface area (Å²) in [6, 6.07) is 11.7. The molecule has 0 radical (unpaired) electrons. The van der Waals surface area contributed by atoms with Crippen LogP contribution in [0.1, 0.15) is 22.5 Å². The number of carbonyl (C=O) groups excluding carboxylic acids is 1. The summed E-state index contributed by atoms with van der Waals surface area (Å²) in [6.07, 6.45) is 2.53. The van der Waals surface area contributed by atoms with Crippen LogP contribution in [0.5, 0.6) is 0 Å². The summed E-state index contributed by atoms with van der Waals surface area (Å²) < 4.78 is 40.7. The number of halogens is 2. The second kappa shape index (κ2) is 9.04. The molecule has 1 aromatic heterocycles. The van der Waals surface area contributed by atoms with Gasteiger partial charge in [-0.2, -0.15) is 0 Å². The van der Waals surface area contributed by atoms with Crippen molar-refractivity contribution in [3.8, 4) is 10.6 Å². The predicted molar refractivity (Wildman–Crippen MR) is 118 cm³/mol. The number of thiazole rings is 1. The maximum absolute atomic E-state index is 13.0. The lowest BCUT2D eigenvalue weighted by Gasteiger charge is -2.31. The van der Waals surface area contributed by atoms with Crippen LogP contribution in [0.3, 0.4) is 0 Å². The molecule has 0 bridgehead atoms. The molecule has 0 aliphatic carbocycles. The molecule has 31 heavy (non-hydrogen) atoms. The largest absolute Gasteiger partial charge is 0.338 e. The Kier molecular flexibility index (Phi) is 6.38. The summed E-state index contributed by atoms with van der Waals surface area (Å²) in [5.41, 5.74) is 0.780. The van der Waals surface area contributed by atoms with E-state index in [9.17, 15) is 17.6 Å². The number of nitrogens with one attached hydrogen (secondary N) is 1. The van der Waals surface area contributed by atoms with Crippen molar-refractivity contribution in [2.45, 2.75) is 23.8 Å². The zero-order chi connectivity index (χ0) is 22.0. The molecule has 1 aliphatic rings. The van der Waals surface area contributed by atoms with Gasteiger partial charge in [0, 0.05) is 24.7 Å². The first-order chi connectivity index (χ1) is 14.8. The molecule has 0 atom stereocenters. The van der Waals surface area contributed by atoms with Crippen molar-refractivity contribution in [1.29, 1.82) is 0 Å². The number of likely N-dealkylation sites (tertiary alicyclic amines) is 1. The lowest BCUT2D eigenvalue weighted by molar-refractivity contribution is 0.0716. The highest BCUT2D eigenvalue weighted by atomic mass is 35.5. The molecular formula is C21H19ClFN3O3S2. The zero-order valence-corrected chi connectivity index (χ0v) is 18.7. The quantitative estimate of drug-likeness (QED) is 0.595. The Bertz CT molecular complexity index is 1190. The first-order valence-electron chi connectivity index (χ1n) is 9.61. The Morgan fingerprint density at radius 1 is 1.13 bits per heavy atom. The van der Waals surface area contributed by atoms with E-state index in [1.165, 1.54) is 23.5 Å². The highest BCUT2D eigenvalue weighted by Gasteiger charge is 2.28. The van der Waals surface area contributed by atoms with Gasteiger partial charge in [-0.1, -0.05) is 29.8 Å². The average Bonchev–Trinajstić information content (AvgIpc) is 3.24. The van der Waals surface area contributed by atoms with Crippen LogP contribution >= 0.6 is 22.9 Å². The first kappa shape index (κ1) is 21.9. The predicted octanol–water partition coefficient (Wildman–Crippen LogP) is 4.19. The average molecular weight is 480 g/mol. The summed E-state index contributed by atoms with van der Waals surface area (Å²) in [4.78, 5) is 19.4. The fourth-order valence-electron chi connectivity index (χ4n) is 3.39. The molecule has 10 heteroatoms. The van der Waals surface area contributed by atoms with Crippen molar-refractivity contribution in [3.63, 3.8) is 0 Å². The van der Waals surface area contributed by atoms with E-state index < -0.39 is 15.8 Å². The molecule has 1 amide bonds. The van der Waals surface area contributed by atoms with Gasteiger partial charge in [0.2, 0.25) is 10.0 Å². The van der Waals surface area contributed by atoms with Crippen LogP contribution in [0, 0.1) is 5.82 Å². The van der Waals surface area contributed by atoms with Crippen LogP contribution in [0.2, 0.25) is 5.02 Å². The van der Waals surface area contributed by atoms with E-state index in [2.05, 4.69) is 9.71 Å². The first-order valence-corrected chi connectivity index (χ1v) is 12.3. The van der Waals surface area contributed by atoms with Gasteiger partial charge in [0.05, 0.1) is 16.1 Å². The molecule has 1 aliphatic heterocycles. The molecule has 0 spiro atoms. The van der Waals surface area contributed by atoms with Gasteiger partial charge >= 0.3 is 0 Å². The van der Waals surface area contributed by atoms with Gasteiger partial charge in [0.1, 0.15) is 15.7 Å². The highest BCUT2D eigenvalue weighted by molar-refractivity contribution is 7.89. The fraction of sp³-hybridized carbons (Fsp3) is 0.238. The molecule has 0 saturated carbocycles. The third-order valence-corrected chi connectivity index (χ3v) is 7.93. The Balaban J connectivity index is 1.37. The molecule has 162 valence electrons. The Labute approximate surface area is 188 Å². The van der Waals surface area contributed by atoms with E-state index in [0.717, 1.165) is 17.7 Å². The van der Waals surface area contributed by atoms with E-state index >= 15 is 0 Å². The molecule has 4 rings (SSSR count). The maximum atomic E-state index is 13.0. The van der Waals surface area contributed by atoms with Gasteiger partial charge in [-0.15, -0.1) is 11.3 Å². The number of benzene rings is 2. The lowest BCUT2D eigenvalue weighted by atomic mass is 10.1. The number of amides is 1. The number of sulfonamides is 1. The van der Waals surface area contributed by atoms with Gasteiger partial charge in [-0.25, -0.2) is 22.5 Å². The number of nitrogens with zero attached hydrogens (tertiary/aromatic N) is 2. The molecule has 2 heterocycles. The number of hydrogen-bond acceptors (Lipinski definition) is 5. The summed E-state index contributed by atoms with van der Waals surface area (Å²) in [5, 5.41) is 1.25. The number of hydrogen-bond donors (Lipinski definition) is 1. The minimum absolute atomic E-state index is 0.0177. The minimum atomic E-state index is -3.74. The maximum Gasteiger partial charge on any atom is 0.265 e. The van der Waals surface area contributed by atoms with Gasteiger partial charge in [-0.05, 0) is 43.2 Å². The molecule has 1 saturated heterocycles. The van der Waals surface area contributed by atoms with Gasteiger partial charge in [0.15, 0.2) is 0 Å². The van der Waals surface area contributed by atoms with E-state index in [0.29, 0.717) is 40.8 Å². The fourth-order valence-corrected chi connectivity index (χ4v) is 5.90. The summed E-state index contributed by atoms with van der Waals surface area (Å²) in [7, 11) is -3.74. The second-order valence-corrected chi connectivity index (χ2v) is 10.3. The molecule has 0 unspecified atom stereocenters. The van der Waals surface area contributed by atoms with Crippen molar-refractivity contribution < 1.29 is 17.6 Å². The van der Waals surface area contributed by atoms with Crippen molar-refractivity contribution in [1.82, 2.24) is 14.6 Å². The van der Waals surface area contributed by atoms with E-state index in [4.69, 9.17) is 11.6 Å². The van der Waals surface area contributed by atoms with Gasteiger partial charge in [0.25, 0.3) is 5.91 Å². The summed E-state index contributed by atoms with van der Waals surface area (Å²) >= 11 is 7.50. The second-order valence-electron chi connectivity index (χ2n) is 7.15. The SMILES string of the molecule is O=C(c1cnc(-c2ccccc2Cl)s1)N1CCC(NS(=O)(=O)c2ccc(F)cc2)CC1. The third kappa shape index (κ3) is 4.95. The molecule has 2 aromatic carbocycles. The molecule has 1 fully saturated rings. The Hall–Kier alpha value is -2.33. The van der Waals surface area contributed by atoms with Gasteiger partial charge < -0.3 is 4.90 Å². The van der Waals surface area contributed by atoms with Crippen LogP contribution in [0.4, 0.5) is 4.39 Å². The number of rotatable bonds is 5. The van der Waals surface area contributed by atoms with Crippen LogP contribution in [0.15, 0.2) is 59.6 Å². The Morgan fingerprint density at radius 2 is 1.81 bits per heavy atom. The van der Waals surface area contributed by atoms with E-state index in [-0.39, 0.29) is 16.8 Å². The zero-order valence-electron chi connectivity index (χ0n) is 16.3. The molecule has 3 aromatic rings. The standard InChI is InChI=1S/C21H19ClFN3O3S2/c22-18-4-2-1-3-17(18)20-24-13-19(30-20)21(27)26-11-9-15(10-12-26)25-31(28,29)16-7-5-14(23)6-8-16/h1-8,13,15,25H,9-12H2. The van der Waals surface area contributed by atoms with Crippen LogP contribution in [-0.2, 0) is 10.0 Å². The van der Waals surface area contributed by atoms with Crippen molar-refractivity contribution >= 4 is 38.9 Å². The van der Waals surface area contributed by atoms with Crippen LogP contribution in [0.25, 0.3) is 10.6 Å². The van der Waals surface area contributed by atoms with Gasteiger partial charge in [-0.3, -0.25) is 4.79 Å². The summed E-state index contributed by atoms with van der Waals surface area (Å²) in [6.45, 7) is 0.851.